The Morgan fingerprint density at radius 3 is 2.38 bits per heavy atom. The molecule has 0 heterocycles. The van der Waals surface area contributed by atoms with Crippen molar-refractivity contribution in [2.45, 2.75) is 30.8 Å². The van der Waals surface area contributed by atoms with E-state index >= 15 is 0 Å². The molecule has 118 valence electrons. The first-order valence-corrected chi connectivity index (χ1v) is 7.79. The molecule has 0 aliphatic heterocycles. The van der Waals surface area contributed by atoms with Gasteiger partial charge in [0.2, 0.25) is 0 Å². The summed E-state index contributed by atoms with van der Waals surface area (Å²) >= 11 is 5.97. The number of nitrogens with zero attached hydrogens (tertiary/aromatic N) is 2. The Morgan fingerprint density at radius 1 is 1.29 bits per heavy atom. The SMILES string of the molecule is CN(CC1(N(C)C)CCC1)C(CN)c1cc(F)cc(Cl)c1. The summed E-state index contributed by atoms with van der Waals surface area (Å²) in [6.45, 7) is 1.37. The number of halogens is 2. The van der Waals surface area contributed by atoms with Crippen molar-refractivity contribution >= 4 is 11.6 Å². The smallest absolute Gasteiger partial charge is 0.125 e. The van der Waals surface area contributed by atoms with E-state index in [1.807, 2.05) is 6.07 Å². The number of rotatable bonds is 6. The van der Waals surface area contributed by atoms with Crippen LogP contribution in [0, 0.1) is 5.82 Å². The lowest BCUT2D eigenvalue weighted by Gasteiger charge is -2.50. The van der Waals surface area contributed by atoms with Gasteiger partial charge >= 0.3 is 0 Å². The molecule has 0 spiro atoms. The van der Waals surface area contributed by atoms with Gasteiger partial charge in [-0.15, -0.1) is 0 Å². The van der Waals surface area contributed by atoms with E-state index in [1.54, 1.807) is 0 Å². The molecule has 5 heteroatoms. The molecular weight excluding hydrogens is 289 g/mol. The molecule has 0 aromatic heterocycles. The van der Waals surface area contributed by atoms with Crippen molar-refractivity contribution in [3.63, 3.8) is 0 Å². The number of nitrogens with two attached hydrogens (primary N) is 1. The molecule has 1 atom stereocenters. The Kier molecular flexibility index (Phi) is 5.25. The maximum Gasteiger partial charge on any atom is 0.125 e. The molecule has 1 fully saturated rings. The molecule has 0 bridgehead atoms. The van der Waals surface area contributed by atoms with Gasteiger partial charge in [0.15, 0.2) is 0 Å². The van der Waals surface area contributed by atoms with Gasteiger partial charge in [-0.25, -0.2) is 4.39 Å². The fourth-order valence-electron chi connectivity index (χ4n) is 3.24. The van der Waals surface area contributed by atoms with Gasteiger partial charge in [0.25, 0.3) is 0 Å². The topological polar surface area (TPSA) is 32.5 Å². The molecule has 0 radical (unpaired) electrons. The van der Waals surface area contributed by atoms with E-state index in [1.165, 1.54) is 31.4 Å². The van der Waals surface area contributed by atoms with Gasteiger partial charge in [0.1, 0.15) is 5.82 Å². The van der Waals surface area contributed by atoms with E-state index in [0.29, 0.717) is 11.6 Å². The first kappa shape index (κ1) is 16.7. The number of benzene rings is 1. The third-order valence-electron chi connectivity index (χ3n) is 4.80. The van der Waals surface area contributed by atoms with Crippen LogP contribution in [0.2, 0.25) is 5.02 Å². The van der Waals surface area contributed by atoms with Crippen LogP contribution in [0.3, 0.4) is 0 Å². The molecule has 1 aliphatic carbocycles. The van der Waals surface area contributed by atoms with Crippen molar-refractivity contribution in [1.82, 2.24) is 9.80 Å². The summed E-state index contributed by atoms with van der Waals surface area (Å²) < 4.78 is 13.6. The zero-order valence-electron chi connectivity index (χ0n) is 13.1. The average Bonchev–Trinajstić information content (AvgIpc) is 2.33. The first-order chi connectivity index (χ1) is 9.88. The summed E-state index contributed by atoms with van der Waals surface area (Å²) in [5.74, 6) is -0.310. The molecule has 1 saturated carbocycles. The number of likely N-dealkylation sites (N-methyl/N-ethyl adjacent to an activating group) is 2. The van der Waals surface area contributed by atoms with Crippen LogP contribution in [0.25, 0.3) is 0 Å². The van der Waals surface area contributed by atoms with Gasteiger partial charge in [-0.1, -0.05) is 11.6 Å². The first-order valence-electron chi connectivity index (χ1n) is 7.42. The number of hydrogen-bond acceptors (Lipinski definition) is 3. The largest absolute Gasteiger partial charge is 0.329 e. The van der Waals surface area contributed by atoms with Gasteiger partial charge in [-0.2, -0.15) is 0 Å². The summed E-state index contributed by atoms with van der Waals surface area (Å²) in [5.41, 5.74) is 7.01. The highest BCUT2D eigenvalue weighted by atomic mass is 35.5. The molecule has 0 saturated heterocycles. The van der Waals surface area contributed by atoms with E-state index in [4.69, 9.17) is 17.3 Å². The molecule has 2 N–H and O–H groups in total. The van der Waals surface area contributed by atoms with E-state index in [2.05, 4.69) is 30.9 Å². The number of hydrogen-bond donors (Lipinski definition) is 1. The maximum atomic E-state index is 13.6. The Labute approximate surface area is 131 Å². The highest BCUT2D eigenvalue weighted by molar-refractivity contribution is 6.30. The van der Waals surface area contributed by atoms with Crippen molar-refractivity contribution in [2.75, 3.05) is 34.2 Å². The van der Waals surface area contributed by atoms with E-state index in [0.717, 1.165) is 12.1 Å². The molecule has 21 heavy (non-hydrogen) atoms. The van der Waals surface area contributed by atoms with Crippen LogP contribution in [-0.2, 0) is 0 Å². The predicted molar refractivity (Wildman–Crippen MR) is 86.1 cm³/mol. The van der Waals surface area contributed by atoms with Crippen molar-refractivity contribution < 1.29 is 4.39 Å². The summed E-state index contributed by atoms with van der Waals surface area (Å²) in [6, 6.07) is 4.65. The van der Waals surface area contributed by atoms with Crippen LogP contribution in [-0.4, -0.2) is 49.6 Å². The lowest BCUT2D eigenvalue weighted by Crippen LogP contribution is -2.57. The molecule has 2 rings (SSSR count). The van der Waals surface area contributed by atoms with Gasteiger partial charge in [0, 0.05) is 29.7 Å². The lowest BCUT2D eigenvalue weighted by atomic mass is 9.75. The Bertz CT molecular complexity index is 468. The van der Waals surface area contributed by atoms with Crippen LogP contribution in [0.15, 0.2) is 18.2 Å². The third kappa shape index (κ3) is 3.57. The minimum Gasteiger partial charge on any atom is -0.329 e. The molecule has 0 amide bonds. The minimum atomic E-state index is -0.310. The van der Waals surface area contributed by atoms with Crippen molar-refractivity contribution in [2.24, 2.45) is 5.73 Å². The third-order valence-corrected chi connectivity index (χ3v) is 5.02. The van der Waals surface area contributed by atoms with Crippen LogP contribution in [0.4, 0.5) is 4.39 Å². The van der Waals surface area contributed by atoms with Gasteiger partial charge in [-0.3, -0.25) is 4.90 Å². The molecule has 1 unspecified atom stereocenters. The van der Waals surface area contributed by atoms with E-state index < -0.39 is 0 Å². The summed E-state index contributed by atoms with van der Waals surface area (Å²) in [4.78, 5) is 4.53. The second kappa shape index (κ2) is 6.61. The molecule has 3 nitrogen and oxygen atoms in total. The predicted octanol–water partition coefficient (Wildman–Crippen LogP) is 2.90. The van der Waals surface area contributed by atoms with E-state index in [-0.39, 0.29) is 17.4 Å². The zero-order chi connectivity index (χ0) is 15.6. The van der Waals surface area contributed by atoms with Crippen molar-refractivity contribution in [3.8, 4) is 0 Å². The average molecular weight is 314 g/mol. The second-order valence-corrected chi connectivity index (χ2v) is 6.78. The fourth-order valence-corrected chi connectivity index (χ4v) is 3.47. The Balaban J connectivity index is 2.16. The highest BCUT2D eigenvalue weighted by Gasteiger charge is 2.40. The monoisotopic (exact) mass is 313 g/mol. The van der Waals surface area contributed by atoms with E-state index in [9.17, 15) is 4.39 Å². The minimum absolute atomic E-state index is 0.0179. The van der Waals surface area contributed by atoms with Gasteiger partial charge < -0.3 is 10.6 Å². The van der Waals surface area contributed by atoms with Crippen LogP contribution in [0.5, 0.6) is 0 Å². The van der Waals surface area contributed by atoms with Crippen LogP contribution < -0.4 is 5.73 Å². The summed E-state index contributed by atoms with van der Waals surface area (Å²) in [7, 11) is 6.31. The Morgan fingerprint density at radius 2 is 1.95 bits per heavy atom. The highest BCUT2D eigenvalue weighted by Crippen LogP contribution is 2.38. The zero-order valence-corrected chi connectivity index (χ0v) is 13.8. The normalized spacial score (nSPS) is 18.9. The van der Waals surface area contributed by atoms with Crippen molar-refractivity contribution in [1.29, 1.82) is 0 Å². The van der Waals surface area contributed by atoms with Crippen molar-refractivity contribution in [3.05, 3.63) is 34.6 Å². The molecular formula is C16H25ClFN3. The molecule has 1 aromatic rings. The molecule has 1 aliphatic rings. The quantitative estimate of drug-likeness (QED) is 0.876. The second-order valence-electron chi connectivity index (χ2n) is 6.34. The van der Waals surface area contributed by atoms with Crippen LogP contribution in [0.1, 0.15) is 30.9 Å². The van der Waals surface area contributed by atoms with Crippen LogP contribution >= 0.6 is 11.6 Å². The Hall–Kier alpha value is -0.680. The fraction of sp³-hybridized carbons (Fsp3) is 0.625. The van der Waals surface area contributed by atoms with Gasteiger partial charge in [-0.05, 0) is 64.2 Å². The summed E-state index contributed by atoms with van der Waals surface area (Å²) in [5, 5.41) is 0.419. The standard InChI is InChI=1S/C16H25ClFN3/c1-20(2)16(5-4-6-16)11-21(3)15(10-19)12-7-13(17)9-14(18)8-12/h7-9,15H,4-6,10-11,19H2,1-3H3. The summed E-state index contributed by atoms with van der Waals surface area (Å²) in [6.07, 6.45) is 3.67. The lowest BCUT2D eigenvalue weighted by molar-refractivity contribution is 0.0167. The molecule has 1 aromatic carbocycles. The maximum absolute atomic E-state index is 13.6. The van der Waals surface area contributed by atoms with Gasteiger partial charge in [0.05, 0.1) is 0 Å².